The smallest absolute Gasteiger partial charge is 0.261 e. The number of sulfonamides is 1. The van der Waals surface area contributed by atoms with Crippen molar-refractivity contribution in [2.45, 2.75) is 23.8 Å². The van der Waals surface area contributed by atoms with Crippen molar-refractivity contribution in [2.75, 3.05) is 24.9 Å². The second kappa shape index (κ2) is 8.06. The minimum Gasteiger partial charge on any atom is -0.339 e. The molecule has 2 aromatic carbocycles. The Morgan fingerprint density at radius 2 is 1.67 bits per heavy atom. The van der Waals surface area contributed by atoms with Crippen LogP contribution >= 0.6 is 0 Å². The number of nitrogens with zero attached hydrogens (tertiary/aromatic N) is 1. The molecule has 1 aliphatic rings. The summed E-state index contributed by atoms with van der Waals surface area (Å²) in [4.78, 5) is 14.3. The van der Waals surface area contributed by atoms with Gasteiger partial charge in [-0.05, 0) is 74.5 Å². The first-order valence-corrected chi connectivity index (χ1v) is 10.2. The fourth-order valence-electron chi connectivity index (χ4n) is 3.07. The summed E-state index contributed by atoms with van der Waals surface area (Å²) in [7, 11) is -2.02. The Labute approximate surface area is 158 Å². The minimum absolute atomic E-state index is 0.0327. The van der Waals surface area contributed by atoms with E-state index in [9.17, 15) is 17.6 Å². The van der Waals surface area contributed by atoms with Gasteiger partial charge >= 0.3 is 0 Å². The first kappa shape index (κ1) is 19.3. The molecule has 1 aliphatic heterocycles. The van der Waals surface area contributed by atoms with E-state index in [1.165, 1.54) is 12.1 Å². The van der Waals surface area contributed by atoms with Crippen molar-refractivity contribution in [1.82, 2.24) is 10.2 Å². The van der Waals surface area contributed by atoms with E-state index in [0.29, 0.717) is 11.3 Å². The molecule has 0 saturated carbocycles. The van der Waals surface area contributed by atoms with Gasteiger partial charge in [0.05, 0.1) is 4.90 Å². The van der Waals surface area contributed by atoms with Gasteiger partial charge in [-0.25, -0.2) is 12.8 Å². The van der Waals surface area contributed by atoms with Crippen LogP contribution in [0.25, 0.3) is 0 Å². The number of piperidine rings is 1. The molecule has 0 bridgehead atoms. The Kier molecular flexibility index (Phi) is 5.76. The molecule has 1 amide bonds. The van der Waals surface area contributed by atoms with Gasteiger partial charge in [0.15, 0.2) is 0 Å². The lowest BCUT2D eigenvalue weighted by Gasteiger charge is -2.31. The summed E-state index contributed by atoms with van der Waals surface area (Å²) in [6.07, 6.45) is 1.83. The molecular weight excluding hydrogens is 369 g/mol. The van der Waals surface area contributed by atoms with E-state index in [1.54, 1.807) is 36.2 Å². The maximum Gasteiger partial charge on any atom is 0.261 e. The van der Waals surface area contributed by atoms with Gasteiger partial charge in [-0.1, -0.05) is 0 Å². The molecule has 8 heteroatoms. The molecular formula is C19H22FN3O3S. The standard InChI is InChI=1S/C19H22FN3O3S/c1-23(17-10-12-21-13-11-17)19(24)14-2-6-16(7-3-14)22-27(25,26)18-8-4-15(20)5-9-18/h2-9,17,21-22H,10-13H2,1H3. The lowest BCUT2D eigenvalue weighted by Crippen LogP contribution is -2.43. The topological polar surface area (TPSA) is 78.5 Å². The lowest BCUT2D eigenvalue weighted by atomic mass is 10.0. The second-order valence-electron chi connectivity index (χ2n) is 6.53. The maximum atomic E-state index is 13.0. The van der Waals surface area contributed by atoms with E-state index in [2.05, 4.69) is 10.0 Å². The molecule has 0 radical (unpaired) electrons. The number of halogens is 1. The van der Waals surface area contributed by atoms with Crippen LogP contribution in [0.2, 0.25) is 0 Å². The average molecular weight is 391 g/mol. The van der Waals surface area contributed by atoms with E-state index in [1.807, 2.05) is 0 Å². The molecule has 1 fully saturated rings. The molecule has 0 atom stereocenters. The number of hydrogen-bond donors (Lipinski definition) is 2. The number of hydrogen-bond acceptors (Lipinski definition) is 4. The van der Waals surface area contributed by atoms with Gasteiger partial charge in [-0.15, -0.1) is 0 Å². The van der Waals surface area contributed by atoms with Crippen molar-refractivity contribution in [1.29, 1.82) is 0 Å². The summed E-state index contributed by atoms with van der Waals surface area (Å²) < 4.78 is 40.1. The Hall–Kier alpha value is -2.45. The van der Waals surface area contributed by atoms with E-state index < -0.39 is 15.8 Å². The fourth-order valence-corrected chi connectivity index (χ4v) is 4.13. The number of nitrogens with one attached hydrogen (secondary N) is 2. The highest BCUT2D eigenvalue weighted by atomic mass is 32.2. The monoisotopic (exact) mass is 391 g/mol. The molecule has 2 N–H and O–H groups in total. The zero-order chi connectivity index (χ0) is 19.4. The molecule has 0 aromatic heterocycles. The summed E-state index contributed by atoms with van der Waals surface area (Å²) in [6.45, 7) is 1.79. The van der Waals surface area contributed by atoms with Crippen LogP contribution in [0.1, 0.15) is 23.2 Å². The molecule has 2 aromatic rings. The van der Waals surface area contributed by atoms with Crippen molar-refractivity contribution < 1.29 is 17.6 Å². The third kappa shape index (κ3) is 4.64. The van der Waals surface area contributed by atoms with Crippen molar-refractivity contribution in [3.63, 3.8) is 0 Å². The van der Waals surface area contributed by atoms with Crippen molar-refractivity contribution in [3.8, 4) is 0 Å². The summed E-state index contributed by atoms with van der Waals surface area (Å²) in [6, 6.07) is 11.1. The Morgan fingerprint density at radius 1 is 1.07 bits per heavy atom. The fraction of sp³-hybridized carbons (Fsp3) is 0.316. The van der Waals surface area contributed by atoms with Crippen LogP contribution in [0.15, 0.2) is 53.4 Å². The van der Waals surface area contributed by atoms with E-state index in [-0.39, 0.29) is 16.8 Å². The maximum absolute atomic E-state index is 13.0. The van der Waals surface area contributed by atoms with E-state index in [0.717, 1.165) is 38.1 Å². The SMILES string of the molecule is CN(C(=O)c1ccc(NS(=O)(=O)c2ccc(F)cc2)cc1)C1CCNCC1. The molecule has 0 aliphatic carbocycles. The predicted octanol–water partition coefficient (Wildman–Crippen LogP) is 2.45. The second-order valence-corrected chi connectivity index (χ2v) is 8.22. The highest BCUT2D eigenvalue weighted by Crippen LogP contribution is 2.19. The van der Waals surface area contributed by atoms with Crippen molar-refractivity contribution >= 4 is 21.6 Å². The van der Waals surface area contributed by atoms with Crippen LogP contribution in [0.5, 0.6) is 0 Å². The normalized spacial score (nSPS) is 15.3. The zero-order valence-electron chi connectivity index (χ0n) is 15.0. The van der Waals surface area contributed by atoms with Crippen molar-refractivity contribution in [3.05, 3.63) is 59.9 Å². The molecule has 0 spiro atoms. The van der Waals surface area contributed by atoms with E-state index in [4.69, 9.17) is 0 Å². The summed E-state index contributed by atoms with van der Waals surface area (Å²) >= 11 is 0. The largest absolute Gasteiger partial charge is 0.339 e. The molecule has 6 nitrogen and oxygen atoms in total. The Balaban J connectivity index is 1.69. The number of anilines is 1. The van der Waals surface area contributed by atoms with Crippen molar-refractivity contribution in [2.24, 2.45) is 0 Å². The molecule has 144 valence electrons. The summed E-state index contributed by atoms with van der Waals surface area (Å²) in [5, 5.41) is 3.27. The van der Waals surface area contributed by atoms with Crippen LogP contribution in [-0.4, -0.2) is 45.4 Å². The Morgan fingerprint density at radius 3 is 2.26 bits per heavy atom. The molecule has 3 rings (SSSR count). The summed E-state index contributed by atoms with van der Waals surface area (Å²) in [5.74, 6) is -0.593. The van der Waals surface area contributed by atoms with Gasteiger partial charge < -0.3 is 10.2 Å². The van der Waals surface area contributed by atoms with Gasteiger partial charge in [0.2, 0.25) is 0 Å². The highest BCUT2D eigenvalue weighted by Gasteiger charge is 2.23. The van der Waals surface area contributed by atoms with Gasteiger partial charge in [0.25, 0.3) is 15.9 Å². The van der Waals surface area contributed by atoms with Crippen LogP contribution in [0.3, 0.4) is 0 Å². The number of benzene rings is 2. The van der Waals surface area contributed by atoms with E-state index >= 15 is 0 Å². The minimum atomic E-state index is -3.82. The quantitative estimate of drug-likeness (QED) is 0.821. The molecule has 1 heterocycles. The van der Waals surface area contributed by atoms with Gasteiger partial charge in [-0.3, -0.25) is 9.52 Å². The molecule has 27 heavy (non-hydrogen) atoms. The highest BCUT2D eigenvalue weighted by molar-refractivity contribution is 7.92. The first-order valence-electron chi connectivity index (χ1n) is 8.73. The van der Waals surface area contributed by atoms with Crippen LogP contribution < -0.4 is 10.0 Å². The number of carbonyl (C=O) groups is 1. The average Bonchev–Trinajstić information content (AvgIpc) is 2.68. The zero-order valence-corrected chi connectivity index (χ0v) is 15.8. The lowest BCUT2D eigenvalue weighted by molar-refractivity contribution is 0.0703. The third-order valence-electron chi connectivity index (χ3n) is 4.68. The third-order valence-corrected chi connectivity index (χ3v) is 6.08. The number of amides is 1. The predicted molar refractivity (Wildman–Crippen MR) is 102 cm³/mol. The summed E-state index contributed by atoms with van der Waals surface area (Å²) in [5.41, 5.74) is 0.834. The number of rotatable bonds is 5. The van der Waals surface area contributed by atoms with Gasteiger partial charge in [0.1, 0.15) is 5.82 Å². The van der Waals surface area contributed by atoms with Crippen LogP contribution in [0.4, 0.5) is 10.1 Å². The molecule has 0 unspecified atom stereocenters. The first-order chi connectivity index (χ1) is 12.9. The number of carbonyl (C=O) groups excluding carboxylic acids is 1. The van der Waals surface area contributed by atoms with Gasteiger partial charge in [0, 0.05) is 24.3 Å². The molecule has 1 saturated heterocycles. The Bertz CT molecular complexity index is 893. The van der Waals surface area contributed by atoms with Crippen LogP contribution in [0, 0.1) is 5.82 Å². The van der Waals surface area contributed by atoms with Crippen LogP contribution in [-0.2, 0) is 10.0 Å². The van der Waals surface area contributed by atoms with Gasteiger partial charge in [-0.2, -0.15) is 0 Å².